The molecule has 2 aromatic rings. The summed E-state index contributed by atoms with van der Waals surface area (Å²) in [6.45, 7) is 9.77. The Balaban J connectivity index is 2.01. The monoisotopic (exact) mass is 583 g/mol. The Bertz CT molecular complexity index is 1360. The molecule has 1 aromatic heterocycles. The number of methoxy groups -OCH3 is 1. The fourth-order valence-electron chi connectivity index (χ4n) is 3.82. The van der Waals surface area contributed by atoms with E-state index < -0.39 is 53.1 Å². The topological polar surface area (TPSA) is 152 Å². The summed E-state index contributed by atoms with van der Waals surface area (Å²) in [5, 5.41) is 11.6. The number of carbonyl (C=O) groups excluding carboxylic acids is 3. The molecule has 13 heteroatoms. The largest absolute Gasteiger partial charge is 0.464 e. The van der Waals surface area contributed by atoms with E-state index >= 15 is 4.39 Å². The van der Waals surface area contributed by atoms with Crippen LogP contribution in [0.4, 0.5) is 19.7 Å². The lowest BCUT2D eigenvalue weighted by atomic mass is 9.93. The number of ether oxygens (including phenoxy) is 4. The van der Waals surface area contributed by atoms with Crippen LogP contribution < -0.4 is 5.32 Å². The van der Waals surface area contributed by atoms with Crippen LogP contribution in [0.2, 0.25) is 0 Å². The van der Waals surface area contributed by atoms with E-state index in [1.807, 2.05) is 6.07 Å². The van der Waals surface area contributed by atoms with E-state index in [1.165, 1.54) is 37.6 Å². The van der Waals surface area contributed by atoms with Crippen LogP contribution in [-0.2, 0) is 18.9 Å². The summed E-state index contributed by atoms with van der Waals surface area (Å²) < 4.78 is 37.1. The molecule has 0 saturated carbocycles. The third kappa shape index (κ3) is 8.47. The maximum atomic E-state index is 15.3. The number of nitriles is 1. The van der Waals surface area contributed by atoms with Gasteiger partial charge in [-0.25, -0.2) is 24.0 Å². The van der Waals surface area contributed by atoms with Gasteiger partial charge in [0.2, 0.25) is 0 Å². The minimum atomic E-state index is -1.09. The van der Waals surface area contributed by atoms with E-state index in [9.17, 15) is 14.4 Å². The van der Waals surface area contributed by atoms with Crippen molar-refractivity contribution in [2.45, 2.75) is 58.8 Å². The van der Waals surface area contributed by atoms with Gasteiger partial charge in [-0.1, -0.05) is 0 Å². The summed E-state index contributed by atoms with van der Waals surface area (Å²) in [5.74, 6) is -1.76. The number of rotatable bonds is 5. The first-order valence-corrected chi connectivity index (χ1v) is 13.0. The van der Waals surface area contributed by atoms with Crippen LogP contribution in [0.5, 0.6) is 0 Å². The number of pyridine rings is 1. The van der Waals surface area contributed by atoms with E-state index in [-0.39, 0.29) is 30.2 Å². The Labute approximate surface area is 243 Å². The first kappa shape index (κ1) is 32.0. The summed E-state index contributed by atoms with van der Waals surface area (Å²) in [6, 6.07) is 7.25. The Kier molecular flexibility index (Phi) is 9.85. The molecule has 1 unspecified atom stereocenters. The predicted octanol–water partition coefficient (Wildman–Crippen LogP) is 5.21. The fourth-order valence-corrected chi connectivity index (χ4v) is 3.82. The van der Waals surface area contributed by atoms with Gasteiger partial charge in [0.25, 0.3) is 5.91 Å². The molecule has 0 fully saturated rings. The zero-order valence-electron chi connectivity index (χ0n) is 24.6. The molecule has 2 atom stereocenters. The molecule has 0 bridgehead atoms. The van der Waals surface area contributed by atoms with Crippen molar-refractivity contribution < 1.29 is 37.7 Å². The van der Waals surface area contributed by atoms with Crippen molar-refractivity contribution in [2.24, 2.45) is 10.9 Å². The highest BCUT2D eigenvalue weighted by atomic mass is 19.1. The molecule has 0 aliphatic carbocycles. The van der Waals surface area contributed by atoms with Crippen molar-refractivity contribution in [3.8, 4) is 6.07 Å². The van der Waals surface area contributed by atoms with Gasteiger partial charge >= 0.3 is 18.2 Å². The molecule has 1 aliphatic heterocycles. The SMILES string of the molecule is COC[C@H]1COC(N(C(=O)OC(C)(C)C)C(=O)OC(C)(C)C)=NC1c1cc(NC(=O)c2ccc(C#N)cn2)ccc1F. The first-order valence-electron chi connectivity index (χ1n) is 13.0. The van der Waals surface area contributed by atoms with Gasteiger partial charge < -0.3 is 24.3 Å². The molecule has 0 radical (unpaired) electrons. The summed E-state index contributed by atoms with van der Waals surface area (Å²) in [5.41, 5.74) is -1.30. The van der Waals surface area contributed by atoms with Crippen LogP contribution in [0, 0.1) is 23.1 Å². The fraction of sp³-hybridized carbons (Fsp3) is 0.448. The number of amides is 3. The van der Waals surface area contributed by atoms with Crippen LogP contribution in [0.1, 0.15) is 69.2 Å². The molecule has 224 valence electrons. The molecule has 1 aromatic carbocycles. The number of carbonyl (C=O) groups is 3. The summed E-state index contributed by atoms with van der Waals surface area (Å²) in [6.07, 6.45) is -0.911. The van der Waals surface area contributed by atoms with Gasteiger partial charge in [-0.3, -0.25) is 4.79 Å². The summed E-state index contributed by atoms with van der Waals surface area (Å²) in [7, 11) is 1.46. The average molecular weight is 584 g/mol. The molecule has 1 N–H and O–H groups in total. The van der Waals surface area contributed by atoms with Gasteiger partial charge in [-0.15, -0.1) is 4.90 Å². The van der Waals surface area contributed by atoms with E-state index in [1.54, 1.807) is 41.5 Å². The Morgan fingerprint density at radius 1 is 1.10 bits per heavy atom. The minimum absolute atomic E-state index is 0.0499. The van der Waals surface area contributed by atoms with Gasteiger partial charge in [-0.2, -0.15) is 5.26 Å². The number of hydrogen-bond acceptors (Lipinski definition) is 10. The van der Waals surface area contributed by atoms with Crippen molar-refractivity contribution >= 4 is 29.8 Å². The van der Waals surface area contributed by atoms with E-state index in [0.717, 1.165) is 6.07 Å². The molecule has 3 rings (SSSR count). The number of nitrogens with one attached hydrogen (secondary N) is 1. The highest BCUT2D eigenvalue weighted by Gasteiger charge is 2.41. The molecule has 2 heterocycles. The number of aromatic nitrogens is 1. The second kappa shape index (κ2) is 12.9. The Morgan fingerprint density at radius 3 is 2.26 bits per heavy atom. The maximum Gasteiger partial charge on any atom is 0.428 e. The highest BCUT2D eigenvalue weighted by molar-refractivity contribution is 6.06. The third-order valence-corrected chi connectivity index (χ3v) is 5.54. The number of anilines is 1. The van der Waals surface area contributed by atoms with Crippen LogP contribution in [-0.4, -0.2) is 65.5 Å². The molecule has 1 aliphatic rings. The zero-order valence-corrected chi connectivity index (χ0v) is 24.6. The number of imide groups is 1. The molecular formula is C29H34FN5O7. The zero-order chi connectivity index (χ0) is 31.2. The van der Waals surface area contributed by atoms with E-state index in [0.29, 0.717) is 10.5 Å². The van der Waals surface area contributed by atoms with Crippen LogP contribution in [0.15, 0.2) is 41.5 Å². The van der Waals surface area contributed by atoms with Crippen LogP contribution in [0.25, 0.3) is 0 Å². The molecule has 0 saturated heterocycles. The summed E-state index contributed by atoms with van der Waals surface area (Å²) in [4.78, 5) is 48.0. The van der Waals surface area contributed by atoms with Gasteiger partial charge in [0.05, 0.1) is 24.8 Å². The van der Waals surface area contributed by atoms with E-state index in [2.05, 4.69) is 15.3 Å². The molecule has 12 nitrogen and oxygen atoms in total. The van der Waals surface area contributed by atoms with Crippen molar-refractivity contribution in [1.29, 1.82) is 5.26 Å². The number of halogens is 1. The normalized spacial score (nSPS) is 16.8. The average Bonchev–Trinajstić information content (AvgIpc) is 2.89. The lowest BCUT2D eigenvalue weighted by Gasteiger charge is -2.34. The van der Waals surface area contributed by atoms with Crippen molar-refractivity contribution in [3.63, 3.8) is 0 Å². The number of nitrogens with zero attached hydrogens (tertiary/aromatic N) is 4. The molecular weight excluding hydrogens is 549 g/mol. The lowest BCUT2D eigenvalue weighted by Crippen LogP contribution is -2.49. The smallest absolute Gasteiger partial charge is 0.428 e. The van der Waals surface area contributed by atoms with Gasteiger partial charge in [0.1, 0.15) is 28.8 Å². The standard InChI is InChI=1S/C29H34FN5O7/c1-28(2,3)41-26(37)35(27(38)42-29(4,5)6)25-34-23(18(15-39-7)16-40-25)20-12-19(9-10-21(20)30)33-24(36)22-11-8-17(13-31)14-32-22/h8-12,14,18,23H,15-16H2,1-7H3,(H,33,36)/t18-,23?/m0/s1. The number of hydrogen-bond donors (Lipinski definition) is 1. The van der Waals surface area contributed by atoms with Gasteiger partial charge in [-0.05, 0) is 71.9 Å². The first-order chi connectivity index (χ1) is 19.6. The highest BCUT2D eigenvalue weighted by Crippen LogP contribution is 2.35. The van der Waals surface area contributed by atoms with Crippen molar-refractivity contribution in [3.05, 3.63) is 59.2 Å². The third-order valence-electron chi connectivity index (χ3n) is 5.54. The molecule has 0 spiro atoms. The van der Waals surface area contributed by atoms with Crippen LogP contribution in [0.3, 0.4) is 0 Å². The summed E-state index contributed by atoms with van der Waals surface area (Å²) >= 11 is 0. The van der Waals surface area contributed by atoms with Crippen molar-refractivity contribution in [2.75, 3.05) is 25.6 Å². The predicted molar refractivity (Wildman–Crippen MR) is 149 cm³/mol. The second-order valence-electron chi connectivity index (χ2n) is 11.4. The molecule has 42 heavy (non-hydrogen) atoms. The lowest BCUT2D eigenvalue weighted by molar-refractivity contribution is 0.00583. The Hall–Kier alpha value is -4.57. The Morgan fingerprint density at radius 2 is 1.74 bits per heavy atom. The second-order valence-corrected chi connectivity index (χ2v) is 11.4. The van der Waals surface area contributed by atoms with Gasteiger partial charge in [0, 0.05) is 30.5 Å². The minimum Gasteiger partial charge on any atom is -0.464 e. The number of benzene rings is 1. The molecule has 3 amide bonds. The van der Waals surface area contributed by atoms with Crippen LogP contribution >= 0.6 is 0 Å². The van der Waals surface area contributed by atoms with E-state index in [4.69, 9.17) is 24.2 Å². The van der Waals surface area contributed by atoms with Gasteiger partial charge in [0.15, 0.2) is 0 Å². The number of aliphatic imine (C=N–C) groups is 1. The maximum absolute atomic E-state index is 15.3. The number of amidine groups is 1. The quantitative estimate of drug-likeness (QED) is 0.500. The van der Waals surface area contributed by atoms with Crippen molar-refractivity contribution in [1.82, 2.24) is 9.88 Å².